The van der Waals surface area contributed by atoms with E-state index in [0.717, 1.165) is 5.69 Å². The van der Waals surface area contributed by atoms with Crippen molar-refractivity contribution < 1.29 is 9.53 Å². The lowest BCUT2D eigenvalue weighted by Gasteiger charge is -2.35. The molecule has 1 aliphatic heterocycles. The van der Waals surface area contributed by atoms with Crippen molar-refractivity contribution in [2.24, 2.45) is 0 Å². The van der Waals surface area contributed by atoms with Gasteiger partial charge in [-0.15, -0.1) is 5.10 Å². The van der Waals surface area contributed by atoms with Crippen molar-refractivity contribution in [3.05, 3.63) is 29.3 Å². The Bertz CT molecular complexity index is 753. The van der Waals surface area contributed by atoms with Gasteiger partial charge in [-0.2, -0.15) is 4.68 Å². The third-order valence-electron chi connectivity index (χ3n) is 4.27. The zero-order chi connectivity index (χ0) is 18.0. The van der Waals surface area contributed by atoms with E-state index in [-0.39, 0.29) is 18.1 Å². The third kappa shape index (κ3) is 4.19. The highest BCUT2D eigenvalue weighted by molar-refractivity contribution is 7.99. The molecule has 0 unspecified atom stereocenters. The second kappa shape index (κ2) is 7.53. The second-order valence-corrected chi connectivity index (χ2v) is 7.43. The van der Waals surface area contributed by atoms with Gasteiger partial charge in [0.1, 0.15) is 0 Å². The van der Waals surface area contributed by atoms with E-state index in [2.05, 4.69) is 29.4 Å². The fourth-order valence-electron chi connectivity index (χ4n) is 2.89. The Kier molecular flexibility index (Phi) is 5.39. The van der Waals surface area contributed by atoms with Gasteiger partial charge in [0.25, 0.3) is 0 Å². The van der Waals surface area contributed by atoms with E-state index in [0.29, 0.717) is 24.0 Å². The Hall–Kier alpha value is -1.93. The topological polar surface area (TPSA) is 73.1 Å². The SMILES string of the molecule is Cc1ccc(-n2nnnc2SCC(=O)N2C[C@H](C)O[C@@H](C)C2)cc1C. The van der Waals surface area contributed by atoms with Crippen LogP contribution < -0.4 is 0 Å². The number of benzene rings is 1. The van der Waals surface area contributed by atoms with Crippen LogP contribution >= 0.6 is 11.8 Å². The molecule has 1 fully saturated rings. The summed E-state index contributed by atoms with van der Waals surface area (Å²) in [5.74, 6) is 0.395. The largest absolute Gasteiger partial charge is 0.372 e. The molecule has 2 heterocycles. The van der Waals surface area contributed by atoms with Gasteiger partial charge in [0.2, 0.25) is 11.1 Å². The van der Waals surface area contributed by atoms with E-state index in [9.17, 15) is 4.79 Å². The first-order valence-electron chi connectivity index (χ1n) is 8.36. The highest BCUT2D eigenvalue weighted by Gasteiger charge is 2.26. The first-order valence-corrected chi connectivity index (χ1v) is 9.34. The van der Waals surface area contributed by atoms with Crippen molar-refractivity contribution in [2.45, 2.75) is 45.1 Å². The Morgan fingerprint density at radius 3 is 2.64 bits per heavy atom. The van der Waals surface area contributed by atoms with Crippen LogP contribution in [0.4, 0.5) is 0 Å². The fraction of sp³-hybridized carbons (Fsp3) is 0.529. The number of morpholine rings is 1. The summed E-state index contributed by atoms with van der Waals surface area (Å²) >= 11 is 1.36. The maximum absolute atomic E-state index is 12.5. The van der Waals surface area contributed by atoms with Crippen LogP contribution in [0.15, 0.2) is 23.4 Å². The van der Waals surface area contributed by atoms with E-state index in [1.54, 1.807) is 4.68 Å². The van der Waals surface area contributed by atoms with Crippen LogP contribution in [-0.4, -0.2) is 62.1 Å². The lowest BCUT2D eigenvalue weighted by molar-refractivity contribution is -0.140. The molecule has 0 N–H and O–H groups in total. The van der Waals surface area contributed by atoms with Crippen LogP contribution in [-0.2, 0) is 9.53 Å². The van der Waals surface area contributed by atoms with Gasteiger partial charge in [-0.1, -0.05) is 17.8 Å². The van der Waals surface area contributed by atoms with Gasteiger partial charge in [0.05, 0.1) is 23.6 Å². The molecule has 2 atom stereocenters. The number of ether oxygens (including phenoxy) is 1. The molecular formula is C17H23N5O2S. The summed E-state index contributed by atoms with van der Waals surface area (Å²) in [4.78, 5) is 14.4. The molecular weight excluding hydrogens is 338 g/mol. The summed E-state index contributed by atoms with van der Waals surface area (Å²) in [6, 6.07) is 6.07. The number of aromatic nitrogens is 4. The fourth-order valence-corrected chi connectivity index (χ4v) is 3.68. The molecule has 1 amide bonds. The molecule has 25 heavy (non-hydrogen) atoms. The number of rotatable bonds is 4. The number of amides is 1. The van der Waals surface area contributed by atoms with Crippen molar-refractivity contribution in [3.63, 3.8) is 0 Å². The number of aryl methyl sites for hydroxylation is 2. The predicted octanol–water partition coefficient (Wildman–Crippen LogP) is 2.01. The molecule has 3 rings (SSSR count). The van der Waals surface area contributed by atoms with Crippen LogP contribution in [0.5, 0.6) is 0 Å². The van der Waals surface area contributed by atoms with Gasteiger partial charge in [0.15, 0.2) is 0 Å². The van der Waals surface area contributed by atoms with Crippen molar-refractivity contribution in [1.82, 2.24) is 25.1 Å². The Morgan fingerprint density at radius 2 is 1.96 bits per heavy atom. The van der Waals surface area contributed by atoms with Gasteiger partial charge in [-0.05, 0) is 61.4 Å². The summed E-state index contributed by atoms with van der Waals surface area (Å²) in [6.45, 7) is 9.36. The van der Waals surface area contributed by atoms with Crippen LogP contribution in [0.25, 0.3) is 5.69 Å². The number of thioether (sulfide) groups is 1. The maximum Gasteiger partial charge on any atom is 0.233 e. The van der Waals surface area contributed by atoms with Crippen LogP contribution in [0, 0.1) is 13.8 Å². The molecule has 0 aliphatic carbocycles. The molecule has 0 radical (unpaired) electrons. The molecule has 1 saturated heterocycles. The first kappa shape index (κ1) is 17.9. The van der Waals surface area contributed by atoms with E-state index >= 15 is 0 Å². The highest BCUT2D eigenvalue weighted by atomic mass is 32.2. The van der Waals surface area contributed by atoms with Crippen molar-refractivity contribution in [2.75, 3.05) is 18.8 Å². The lowest BCUT2D eigenvalue weighted by Crippen LogP contribution is -2.48. The zero-order valence-electron chi connectivity index (χ0n) is 15.0. The first-order chi connectivity index (χ1) is 11.9. The number of tetrazole rings is 1. The van der Waals surface area contributed by atoms with E-state index in [1.807, 2.05) is 36.9 Å². The molecule has 7 nitrogen and oxygen atoms in total. The number of nitrogens with zero attached hydrogens (tertiary/aromatic N) is 5. The Balaban J connectivity index is 1.67. The number of hydrogen-bond acceptors (Lipinski definition) is 6. The maximum atomic E-state index is 12.5. The molecule has 0 saturated carbocycles. The Morgan fingerprint density at radius 1 is 1.24 bits per heavy atom. The monoisotopic (exact) mass is 361 g/mol. The van der Waals surface area contributed by atoms with Gasteiger partial charge >= 0.3 is 0 Å². The number of carbonyl (C=O) groups is 1. The number of hydrogen-bond donors (Lipinski definition) is 0. The van der Waals surface area contributed by atoms with Crippen molar-refractivity contribution in [3.8, 4) is 5.69 Å². The summed E-state index contributed by atoms with van der Waals surface area (Å²) < 4.78 is 7.35. The van der Waals surface area contributed by atoms with Crippen LogP contribution in [0.2, 0.25) is 0 Å². The van der Waals surface area contributed by atoms with Gasteiger partial charge < -0.3 is 9.64 Å². The van der Waals surface area contributed by atoms with Crippen LogP contribution in [0.3, 0.4) is 0 Å². The van der Waals surface area contributed by atoms with Gasteiger partial charge in [0, 0.05) is 13.1 Å². The summed E-state index contributed by atoms with van der Waals surface area (Å²) in [5.41, 5.74) is 3.30. The minimum Gasteiger partial charge on any atom is -0.372 e. The molecule has 2 aromatic rings. The molecule has 1 aromatic carbocycles. The number of carbonyl (C=O) groups excluding carboxylic acids is 1. The van der Waals surface area contributed by atoms with E-state index < -0.39 is 0 Å². The standard InChI is InChI=1S/C17H23N5O2S/c1-11-5-6-15(7-12(11)2)22-17(18-19-20-22)25-10-16(23)21-8-13(3)24-14(4)9-21/h5-7,13-14H,8-10H2,1-4H3/t13-,14-/m0/s1. The molecule has 134 valence electrons. The average molecular weight is 361 g/mol. The minimum atomic E-state index is 0.0681. The van der Waals surface area contributed by atoms with E-state index in [4.69, 9.17) is 4.74 Å². The van der Waals surface area contributed by atoms with Crippen LogP contribution in [0.1, 0.15) is 25.0 Å². The smallest absolute Gasteiger partial charge is 0.233 e. The van der Waals surface area contributed by atoms with Gasteiger partial charge in [-0.25, -0.2) is 0 Å². The predicted molar refractivity (Wildman–Crippen MR) is 95.9 cm³/mol. The van der Waals surface area contributed by atoms with E-state index in [1.165, 1.54) is 22.9 Å². The van der Waals surface area contributed by atoms with Crippen molar-refractivity contribution in [1.29, 1.82) is 0 Å². The average Bonchev–Trinajstić information content (AvgIpc) is 3.02. The molecule has 8 heteroatoms. The van der Waals surface area contributed by atoms with Gasteiger partial charge in [-0.3, -0.25) is 4.79 Å². The highest BCUT2D eigenvalue weighted by Crippen LogP contribution is 2.21. The third-order valence-corrected chi connectivity index (χ3v) is 5.18. The molecule has 0 bridgehead atoms. The molecule has 1 aromatic heterocycles. The summed E-state index contributed by atoms with van der Waals surface area (Å²) in [6.07, 6.45) is 0.136. The Labute approximate surface area is 151 Å². The molecule has 0 spiro atoms. The summed E-state index contributed by atoms with van der Waals surface area (Å²) in [7, 11) is 0. The summed E-state index contributed by atoms with van der Waals surface area (Å²) in [5, 5.41) is 12.5. The van der Waals surface area contributed by atoms with Crippen molar-refractivity contribution >= 4 is 17.7 Å². The second-order valence-electron chi connectivity index (χ2n) is 6.49. The lowest BCUT2D eigenvalue weighted by atomic mass is 10.1. The molecule has 1 aliphatic rings. The minimum absolute atomic E-state index is 0.0681. The normalized spacial score (nSPS) is 20.7. The quantitative estimate of drug-likeness (QED) is 0.776. The zero-order valence-corrected chi connectivity index (χ0v) is 15.8.